The Kier molecular flexibility index (Phi) is 5.97. The molecule has 134 valence electrons. The van der Waals surface area contributed by atoms with Gasteiger partial charge in [0.2, 0.25) is 0 Å². The predicted octanol–water partition coefficient (Wildman–Crippen LogP) is 6.00. The van der Waals surface area contributed by atoms with Crippen LogP contribution >= 0.6 is 50.9 Å². The van der Waals surface area contributed by atoms with Crippen molar-refractivity contribution in [1.82, 2.24) is 4.90 Å². The molecule has 0 unspecified atom stereocenters. The third kappa shape index (κ3) is 4.09. The van der Waals surface area contributed by atoms with Crippen molar-refractivity contribution in [2.75, 3.05) is 7.11 Å². The third-order valence-corrected chi connectivity index (χ3v) is 5.55. The lowest BCUT2D eigenvalue weighted by molar-refractivity contribution is -0.123. The van der Waals surface area contributed by atoms with E-state index in [1.807, 2.05) is 0 Å². The van der Waals surface area contributed by atoms with Crippen LogP contribution in [0.3, 0.4) is 0 Å². The van der Waals surface area contributed by atoms with E-state index >= 15 is 0 Å². The molecule has 26 heavy (non-hydrogen) atoms. The molecule has 0 bridgehead atoms. The van der Waals surface area contributed by atoms with E-state index in [9.17, 15) is 9.59 Å². The molecule has 0 aliphatic carbocycles. The van der Waals surface area contributed by atoms with Gasteiger partial charge in [0.25, 0.3) is 11.1 Å². The van der Waals surface area contributed by atoms with E-state index in [4.69, 9.17) is 27.9 Å². The molecular weight excluding hydrogens is 461 g/mol. The van der Waals surface area contributed by atoms with Crippen LogP contribution in [0.1, 0.15) is 11.1 Å². The summed E-state index contributed by atoms with van der Waals surface area (Å²) in [6.45, 7) is 0.190. The molecule has 0 radical (unpaired) electrons. The van der Waals surface area contributed by atoms with E-state index in [2.05, 4.69) is 15.9 Å². The monoisotopic (exact) mass is 471 g/mol. The average molecular weight is 473 g/mol. The van der Waals surface area contributed by atoms with Crippen molar-refractivity contribution in [2.45, 2.75) is 6.54 Å². The smallest absolute Gasteiger partial charge is 0.293 e. The standard InChI is InChI=1S/C18H12BrCl2NO3S/c1-25-16-11(6-12(19)8-14(16)21)7-15-17(23)22(18(24)26-15)9-10-2-4-13(20)5-3-10/h2-8H,9H2,1H3/b15-7-. The Balaban J connectivity index is 1.89. The molecule has 2 amide bonds. The molecule has 1 fully saturated rings. The van der Waals surface area contributed by atoms with E-state index < -0.39 is 0 Å². The molecule has 8 heteroatoms. The summed E-state index contributed by atoms with van der Waals surface area (Å²) in [4.78, 5) is 26.5. The highest BCUT2D eigenvalue weighted by molar-refractivity contribution is 9.10. The van der Waals surface area contributed by atoms with Gasteiger partial charge in [-0.1, -0.05) is 51.3 Å². The van der Waals surface area contributed by atoms with Crippen LogP contribution in [-0.2, 0) is 11.3 Å². The fourth-order valence-corrected chi connectivity index (χ4v) is 4.32. The molecule has 1 aliphatic rings. The van der Waals surface area contributed by atoms with Crippen LogP contribution < -0.4 is 4.74 Å². The maximum Gasteiger partial charge on any atom is 0.293 e. The Morgan fingerprint density at radius 2 is 1.88 bits per heavy atom. The Morgan fingerprint density at radius 3 is 2.54 bits per heavy atom. The number of nitrogens with zero attached hydrogens (tertiary/aromatic N) is 1. The van der Waals surface area contributed by atoms with Crippen molar-refractivity contribution < 1.29 is 14.3 Å². The van der Waals surface area contributed by atoms with Gasteiger partial charge in [0.1, 0.15) is 5.75 Å². The van der Waals surface area contributed by atoms with Gasteiger partial charge in [0, 0.05) is 15.1 Å². The molecule has 1 heterocycles. The number of halogens is 3. The molecule has 3 rings (SSSR count). The number of ether oxygens (including phenoxy) is 1. The lowest BCUT2D eigenvalue weighted by Crippen LogP contribution is -2.27. The first kappa shape index (κ1) is 19.3. The lowest BCUT2D eigenvalue weighted by Gasteiger charge is -2.12. The summed E-state index contributed by atoms with van der Waals surface area (Å²) in [6.07, 6.45) is 1.61. The van der Waals surface area contributed by atoms with Crippen LogP contribution in [-0.4, -0.2) is 23.2 Å². The molecule has 0 N–H and O–H groups in total. The number of carbonyl (C=O) groups is 2. The molecule has 0 aromatic heterocycles. The zero-order chi connectivity index (χ0) is 18.8. The number of benzene rings is 2. The lowest BCUT2D eigenvalue weighted by atomic mass is 10.1. The van der Waals surface area contributed by atoms with Gasteiger partial charge in [-0.15, -0.1) is 0 Å². The van der Waals surface area contributed by atoms with E-state index in [-0.39, 0.29) is 17.7 Å². The first-order valence-corrected chi connectivity index (χ1v) is 9.78. The SMILES string of the molecule is COc1c(Cl)cc(Br)cc1/C=C1\SC(=O)N(Cc2ccc(Cl)cc2)C1=O. The van der Waals surface area contributed by atoms with Crippen molar-refractivity contribution >= 4 is 68.1 Å². The molecule has 0 atom stereocenters. The number of hydrogen-bond donors (Lipinski definition) is 0. The van der Waals surface area contributed by atoms with Crippen LogP contribution in [0, 0.1) is 0 Å². The predicted molar refractivity (Wildman–Crippen MR) is 109 cm³/mol. The second-order valence-electron chi connectivity index (χ2n) is 5.40. The number of hydrogen-bond acceptors (Lipinski definition) is 4. The number of rotatable bonds is 4. The van der Waals surface area contributed by atoms with Crippen LogP contribution in [0.2, 0.25) is 10.0 Å². The zero-order valence-electron chi connectivity index (χ0n) is 13.5. The Bertz CT molecular complexity index is 915. The highest BCUT2D eigenvalue weighted by Crippen LogP contribution is 2.38. The molecule has 2 aromatic rings. The number of methoxy groups -OCH3 is 1. The first-order chi connectivity index (χ1) is 12.4. The molecule has 0 saturated carbocycles. The highest BCUT2D eigenvalue weighted by atomic mass is 79.9. The average Bonchev–Trinajstić information content (AvgIpc) is 2.84. The van der Waals surface area contributed by atoms with E-state index in [0.717, 1.165) is 21.8 Å². The Morgan fingerprint density at radius 1 is 1.19 bits per heavy atom. The molecule has 0 spiro atoms. The van der Waals surface area contributed by atoms with Crippen LogP contribution in [0.4, 0.5) is 4.79 Å². The normalized spacial score (nSPS) is 15.8. The van der Waals surface area contributed by atoms with Gasteiger partial charge in [0.15, 0.2) is 0 Å². The van der Waals surface area contributed by atoms with Crippen molar-refractivity contribution in [1.29, 1.82) is 0 Å². The molecule has 1 saturated heterocycles. The zero-order valence-corrected chi connectivity index (χ0v) is 17.4. The topological polar surface area (TPSA) is 46.6 Å². The quantitative estimate of drug-likeness (QED) is 0.512. The number of imide groups is 1. The summed E-state index contributed by atoms with van der Waals surface area (Å²) in [6, 6.07) is 10.5. The van der Waals surface area contributed by atoms with E-state index in [0.29, 0.717) is 26.3 Å². The van der Waals surface area contributed by atoms with Crippen LogP contribution in [0.25, 0.3) is 6.08 Å². The van der Waals surface area contributed by atoms with Gasteiger partial charge in [-0.05, 0) is 47.7 Å². The van der Waals surface area contributed by atoms with Gasteiger partial charge < -0.3 is 4.74 Å². The minimum absolute atomic E-state index is 0.190. The fourth-order valence-electron chi connectivity index (χ4n) is 2.45. The number of amides is 2. The van der Waals surface area contributed by atoms with Gasteiger partial charge in [-0.3, -0.25) is 14.5 Å². The molecule has 2 aromatic carbocycles. The van der Waals surface area contributed by atoms with Crippen molar-refractivity contribution in [3.05, 3.63) is 66.9 Å². The summed E-state index contributed by atoms with van der Waals surface area (Å²) in [5, 5.41) is 0.686. The van der Waals surface area contributed by atoms with Crippen LogP contribution in [0.15, 0.2) is 45.8 Å². The number of carbonyl (C=O) groups excluding carboxylic acids is 2. The summed E-state index contributed by atoms with van der Waals surface area (Å²) >= 11 is 16.3. The minimum Gasteiger partial charge on any atom is -0.495 e. The first-order valence-electron chi connectivity index (χ1n) is 7.42. The molecule has 1 aliphatic heterocycles. The fraction of sp³-hybridized carbons (Fsp3) is 0.111. The second-order valence-corrected chi connectivity index (χ2v) is 8.16. The van der Waals surface area contributed by atoms with Gasteiger partial charge in [-0.25, -0.2) is 0 Å². The van der Waals surface area contributed by atoms with Crippen LogP contribution in [0.5, 0.6) is 5.75 Å². The number of thioether (sulfide) groups is 1. The molecular formula is C18H12BrCl2NO3S. The maximum absolute atomic E-state index is 12.7. The molecule has 4 nitrogen and oxygen atoms in total. The summed E-state index contributed by atoms with van der Waals surface area (Å²) < 4.78 is 6.05. The van der Waals surface area contributed by atoms with Crippen molar-refractivity contribution in [2.24, 2.45) is 0 Å². The summed E-state index contributed by atoms with van der Waals surface area (Å²) in [7, 11) is 1.50. The van der Waals surface area contributed by atoms with Crippen molar-refractivity contribution in [3.8, 4) is 5.75 Å². The van der Waals surface area contributed by atoms with E-state index in [1.54, 1.807) is 42.5 Å². The van der Waals surface area contributed by atoms with Gasteiger partial charge in [-0.2, -0.15) is 0 Å². The van der Waals surface area contributed by atoms with Crippen molar-refractivity contribution in [3.63, 3.8) is 0 Å². The largest absolute Gasteiger partial charge is 0.495 e. The van der Waals surface area contributed by atoms with Gasteiger partial charge in [0.05, 0.1) is 23.6 Å². The second kappa shape index (κ2) is 8.05. The Hall–Kier alpha value is -1.47. The third-order valence-electron chi connectivity index (χ3n) is 3.66. The Labute approximate surface area is 173 Å². The summed E-state index contributed by atoms with van der Waals surface area (Å²) in [5.41, 5.74) is 1.44. The van der Waals surface area contributed by atoms with Gasteiger partial charge >= 0.3 is 0 Å². The minimum atomic E-state index is -0.354. The highest BCUT2D eigenvalue weighted by Gasteiger charge is 2.35. The van der Waals surface area contributed by atoms with E-state index in [1.165, 1.54) is 12.0 Å². The maximum atomic E-state index is 12.7. The summed E-state index contributed by atoms with van der Waals surface area (Å²) in [5.74, 6) is 0.0902.